The molecule has 0 spiro atoms. The van der Waals surface area contributed by atoms with Crippen molar-refractivity contribution in [2.24, 2.45) is 5.73 Å². The van der Waals surface area contributed by atoms with Gasteiger partial charge in [-0.2, -0.15) is 0 Å². The summed E-state index contributed by atoms with van der Waals surface area (Å²) >= 11 is 0. The second-order valence-electron chi connectivity index (χ2n) is 4.96. The Bertz CT molecular complexity index is 807. The quantitative estimate of drug-likeness (QED) is 0.486. The number of ether oxygens (including phenoxy) is 1. The summed E-state index contributed by atoms with van der Waals surface area (Å²) in [7, 11) is 1.47. The fourth-order valence-electron chi connectivity index (χ4n) is 2.04. The first-order valence-electron chi connectivity index (χ1n) is 7.17. The van der Waals surface area contributed by atoms with Gasteiger partial charge in [-0.05, 0) is 23.8 Å². The number of nitrogens with two attached hydrogens (primary N) is 1. The van der Waals surface area contributed by atoms with E-state index in [1.54, 1.807) is 48.5 Å². The Labute approximate surface area is 139 Å². The number of carbonyl (C=O) groups excluding carboxylic acids is 2. The number of ketones is 1. The Morgan fingerprint density at radius 3 is 2.46 bits per heavy atom. The Morgan fingerprint density at radius 2 is 1.83 bits per heavy atom. The molecule has 0 saturated carbocycles. The zero-order valence-corrected chi connectivity index (χ0v) is 13.1. The minimum atomic E-state index is -0.922. The largest absolute Gasteiger partial charge is 0.503 e. The molecule has 3 N–H and O–H groups in total. The standard InChI is InChI=1S/C19H17NO4/c1-24-18-11-13(7-9-15(18)12-17(22)19(20)23)8-10-16(21)14-5-3-2-4-6-14/h2-12,22H,1H3,(H2,20,23). The number of rotatable bonds is 6. The van der Waals surface area contributed by atoms with Crippen LogP contribution in [-0.2, 0) is 4.79 Å². The maximum atomic E-state index is 12.0. The van der Waals surface area contributed by atoms with E-state index in [9.17, 15) is 14.7 Å². The SMILES string of the molecule is COc1cc(C=CC(=O)c2ccccc2)ccc1C=C(O)C(N)=O. The van der Waals surface area contributed by atoms with Gasteiger partial charge in [0.1, 0.15) is 5.75 Å². The molecule has 5 heteroatoms. The predicted molar refractivity (Wildman–Crippen MR) is 92.6 cm³/mol. The van der Waals surface area contributed by atoms with Crippen molar-refractivity contribution in [3.05, 3.63) is 77.1 Å². The molecule has 0 heterocycles. The van der Waals surface area contributed by atoms with Gasteiger partial charge in [0.05, 0.1) is 7.11 Å². The van der Waals surface area contributed by atoms with Crippen LogP contribution in [0.3, 0.4) is 0 Å². The van der Waals surface area contributed by atoms with Crippen LogP contribution < -0.4 is 10.5 Å². The fraction of sp³-hybridized carbons (Fsp3) is 0.0526. The summed E-state index contributed by atoms with van der Waals surface area (Å²) in [6, 6.07) is 14.0. The number of carbonyl (C=O) groups is 2. The highest BCUT2D eigenvalue weighted by molar-refractivity contribution is 6.06. The van der Waals surface area contributed by atoms with E-state index in [0.717, 1.165) is 5.56 Å². The maximum absolute atomic E-state index is 12.0. The van der Waals surface area contributed by atoms with E-state index in [2.05, 4.69) is 0 Å². The lowest BCUT2D eigenvalue weighted by Gasteiger charge is -2.06. The molecule has 0 fully saturated rings. The lowest BCUT2D eigenvalue weighted by Crippen LogP contribution is -2.13. The van der Waals surface area contributed by atoms with Crippen LogP contribution in [0.2, 0.25) is 0 Å². The Morgan fingerprint density at radius 1 is 1.12 bits per heavy atom. The van der Waals surface area contributed by atoms with E-state index in [-0.39, 0.29) is 5.78 Å². The third-order valence-corrected chi connectivity index (χ3v) is 3.29. The number of aliphatic hydroxyl groups excluding tert-OH is 1. The number of amides is 1. The van der Waals surface area contributed by atoms with Gasteiger partial charge < -0.3 is 15.6 Å². The third-order valence-electron chi connectivity index (χ3n) is 3.29. The molecule has 0 aliphatic rings. The second kappa shape index (κ2) is 7.78. The Hall–Kier alpha value is -3.34. The van der Waals surface area contributed by atoms with Crippen LogP contribution in [-0.4, -0.2) is 23.9 Å². The normalized spacial score (nSPS) is 11.5. The van der Waals surface area contributed by atoms with Crippen molar-refractivity contribution in [1.29, 1.82) is 0 Å². The third kappa shape index (κ3) is 4.33. The molecule has 0 saturated heterocycles. The topological polar surface area (TPSA) is 89.6 Å². The van der Waals surface area contributed by atoms with Gasteiger partial charge in [-0.25, -0.2) is 0 Å². The van der Waals surface area contributed by atoms with Crippen LogP contribution >= 0.6 is 0 Å². The number of hydrogen-bond acceptors (Lipinski definition) is 4. The highest BCUT2D eigenvalue weighted by Crippen LogP contribution is 2.23. The van der Waals surface area contributed by atoms with Gasteiger partial charge in [0.25, 0.3) is 5.91 Å². The number of methoxy groups -OCH3 is 1. The summed E-state index contributed by atoms with van der Waals surface area (Å²) < 4.78 is 5.23. The molecular weight excluding hydrogens is 306 g/mol. The second-order valence-corrected chi connectivity index (χ2v) is 4.96. The van der Waals surface area contributed by atoms with E-state index in [1.807, 2.05) is 6.07 Å². The van der Waals surface area contributed by atoms with Crippen LogP contribution in [0.4, 0.5) is 0 Å². The Kier molecular flexibility index (Phi) is 5.52. The highest BCUT2D eigenvalue weighted by Gasteiger charge is 2.06. The zero-order chi connectivity index (χ0) is 17.5. The van der Waals surface area contributed by atoms with Crippen LogP contribution in [0, 0.1) is 0 Å². The summed E-state index contributed by atoms with van der Waals surface area (Å²) in [6.07, 6.45) is 4.36. The smallest absolute Gasteiger partial charge is 0.283 e. The van der Waals surface area contributed by atoms with Gasteiger partial charge in [-0.3, -0.25) is 9.59 Å². The molecule has 0 unspecified atom stereocenters. The van der Waals surface area contributed by atoms with Crippen molar-refractivity contribution in [2.45, 2.75) is 0 Å². The molecule has 1 amide bonds. The minimum absolute atomic E-state index is 0.107. The molecule has 24 heavy (non-hydrogen) atoms. The monoisotopic (exact) mass is 323 g/mol. The number of aliphatic hydroxyl groups is 1. The molecular formula is C19H17NO4. The van der Waals surface area contributed by atoms with Crippen molar-refractivity contribution in [2.75, 3.05) is 7.11 Å². The van der Waals surface area contributed by atoms with Crippen LogP contribution in [0.5, 0.6) is 5.75 Å². The average Bonchev–Trinajstić information content (AvgIpc) is 2.61. The molecule has 0 aromatic heterocycles. The number of benzene rings is 2. The van der Waals surface area contributed by atoms with Gasteiger partial charge in [-0.15, -0.1) is 0 Å². The first kappa shape index (κ1) is 17.0. The lowest BCUT2D eigenvalue weighted by molar-refractivity contribution is -0.116. The zero-order valence-electron chi connectivity index (χ0n) is 13.1. The molecule has 0 bridgehead atoms. The summed E-state index contributed by atoms with van der Waals surface area (Å²) in [4.78, 5) is 22.9. The molecule has 2 rings (SSSR count). The summed E-state index contributed by atoms with van der Waals surface area (Å²) in [6.45, 7) is 0. The average molecular weight is 323 g/mol. The molecule has 0 radical (unpaired) electrons. The highest BCUT2D eigenvalue weighted by atomic mass is 16.5. The number of hydrogen-bond donors (Lipinski definition) is 2. The van der Waals surface area contributed by atoms with E-state index in [4.69, 9.17) is 10.5 Å². The van der Waals surface area contributed by atoms with Crippen LogP contribution in [0.25, 0.3) is 12.2 Å². The van der Waals surface area contributed by atoms with E-state index < -0.39 is 11.7 Å². The van der Waals surface area contributed by atoms with E-state index in [0.29, 0.717) is 16.9 Å². The summed E-state index contributed by atoms with van der Waals surface area (Å²) in [5.41, 5.74) is 6.84. The summed E-state index contributed by atoms with van der Waals surface area (Å²) in [5.74, 6) is -1.15. The van der Waals surface area contributed by atoms with E-state index in [1.165, 1.54) is 19.3 Å². The maximum Gasteiger partial charge on any atom is 0.283 e. The van der Waals surface area contributed by atoms with Gasteiger partial charge in [-0.1, -0.05) is 48.5 Å². The fourth-order valence-corrected chi connectivity index (χ4v) is 2.04. The Balaban J connectivity index is 2.24. The van der Waals surface area contributed by atoms with Gasteiger partial charge in [0.2, 0.25) is 0 Å². The number of primary amides is 1. The minimum Gasteiger partial charge on any atom is -0.503 e. The molecule has 0 atom stereocenters. The lowest BCUT2D eigenvalue weighted by atomic mass is 10.1. The first-order chi connectivity index (χ1) is 11.5. The van der Waals surface area contributed by atoms with Crippen molar-refractivity contribution < 1.29 is 19.4 Å². The molecule has 2 aromatic rings. The van der Waals surface area contributed by atoms with E-state index >= 15 is 0 Å². The van der Waals surface area contributed by atoms with Crippen molar-refractivity contribution >= 4 is 23.8 Å². The molecule has 122 valence electrons. The van der Waals surface area contributed by atoms with Crippen molar-refractivity contribution in [1.82, 2.24) is 0 Å². The van der Waals surface area contributed by atoms with Crippen LogP contribution in [0.1, 0.15) is 21.5 Å². The molecule has 0 aliphatic heterocycles. The number of allylic oxidation sites excluding steroid dienone is 1. The van der Waals surface area contributed by atoms with Gasteiger partial charge in [0, 0.05) is 11.1 Å². The van der Waals surface area contributed by atoms with Crippen molar-refractivity contribution in [3.8, 4) is 5.75 Å². The van der Waals surface area contributed by atoms with Crippen LogP contribution in [0.15, 0.2) is 60.4 Å². The van der Waals surface area contributed by atoms with Crippen molar-refractivity contribution in [3.63, 3.8) is 0 Å². The summed E-state index contributed by atoms with van der Waals surface area (Å²) in [5, 5.41) is 9.44. The first-order valence-corrected chi connectivity index (χ1v) is 7.17. The molecule has 2 aromatic carbocycles. The predicted octanol–water partition coefficient (Wildman–Crippen LogP) is 2.98. The molecule has 5 nitrogen and oxygen atoms in total. The van der Waals surface area contributed by atoms with Gasteiger partial charge >= 0.3 is 0 Å². The van der Waals surface area contributed by atoms with Gasteiger partial charge in [0.15, 0.2) is 11.5 Å². The molecule has 0 aliphatic carbocycles.